The van der Waals surface area contributed by atoms with Crippen LogP contribution >= 0.6 is 11.6 Å². The van der Waals surface area contributed by atoms with Crippen LogP contribution < -0.4 is 5.43 Å². The van der Waals surface area contributed by atoms with Crippen LogP contribution in [0.3, 0.4) is 0 Å². The minimum Gasteiger partial charge on any atom is -0.294 e. The van der Waals surface area contributed by atoms with Crippen molar-refractivity contribution in [1.29, 1.82) is 0 Å². The lowest BCUT2D eigenvalue weighted by Crippen LogP contribution is -2.20. The van der Waals surface area contributed by atoms with Crippen molar-refractivity contribution in [3.05, 3.63) is 70.4 Å². The van der Waals surface area contributed by atoms with Gasteiger partial charge in [0.1, 0.15) is 17.2 Å². The summed E-state index contributed by atoms with van der Waals surface area (Å²) in [4.78, 5) is 16.6. The number of hydrazone groups is 1. The number of hydrogen-bond donors (Lipinski definition) is 1. The number of amides is 1. The maximum atomic E-state index is 12.8. The Kier molecular flexibility index (Phi) is 4.08. The highest BCUT2D eigenvalue weighted by Crippen LogP contribution is 2.16. The van der Waals surface area contributed by atoms with Crippen molar-refractivity contribution in [1.82, 2.24) is 14.8 Å². The average molecular weight is 331 g/mol. The van der Waals surface area contributed by atoms with Crippen LogP contribution in [0.5, 0.6) is 0 Å². The topological polar surface area (TPSA) is 58.8 Å². The normalized spacial score (nSPS) is 11.3. The molecule has 0 aliphatic heterocycles. The lowest BCUT2D eigenvalue weighted by Gasteiger charge is -2.02. The Labute approximate surface area is 136 Å². The molecule has 0 fully saturated rings. The van der Waals surface area contributed by atoms with Gasteiger partial charge in [0, 0.05) is 6.20 Å². The van der Waals surface area contributed by atoms with Crippen molar-refractivity contribution < 1.29 is 9.18 Å². The molecule has 0 aliphatic rings. The Morgan fingerprint density at radius 3 is 2.78 bits per heavy atom. The monoisotopic (exact) mass is 330 g/mol. The summed E-state index contributed by atoms with van der Waals surface area (Å²) in [6.45, 7) is 1.74. The summed E-state index contributed by atoms with van der Waals surface area (Å²) in [6.07, 6.45) is 3.05. The van der Waals surface area contributed by atoms with Gasteiger partial charge in [-0.25, -0.2) is 14.8 Å². The summed E-state index contributed by atoms with van der Waals surface area (Å²) in [5, 5.41) is 4.38. The largest absolute Gasteiger partial charge is 0.294 e. The van der Waals surface area contributed by atoms with E-state index in [1.54, 1.807) is 41.8 Å². The molecule has 116 valence electrons. The van der Waals surface area contributed by atoms with Gasteiger partial charge in [-0.3, -0.25) is 9.20 Å². The predicted octanol–water partition coefficient (Wildman–Crippen LogP) is 3.20. The number of imidazole rings is 1. The minimum absolute atomic E-state index is 0.329. The number of fused-ring (bicyclic) bond motifs is 1. The second-order valence-electron chi connectivity index (χ2n) is 4.87. The smallest absolute Gasteiger partial charge is 0.290 e. The lowest BCUT2D eigenvalue weighted by molar-refractivity contribution is 0.0948. The van der Waals surface area contributed by atoms with E-state index in [0.717, 1.165) is 0 Å². The van der Waals surface area contributed by atoms with E-state index < -0.39 is 5.91 Å². The minimum atomic E-state index is -0.407. The summed E-state index contributed by atoms with van der Waals surface area (Å²) in [5.74, 6) is -0.736. The van der Waals surface area contributed by atoms with Crippen LogP contribution in [-0.2, 0) is 0 Å². The van der Waals surface area contributed by atoms with Crippen LogP contribution in [0.15, 0.2) is 47.7 Å². The van der Waals surface area contributed by atoms with Crippen LogP contribution in [0.2, 0.25) is 5.02 Å². The molecule has 0 saturated heterocycles. The molecule has 0 radical (unpaired) electrons. The average Bonchev–Trinajstić information content (AvgIpc) is 2.84. The Morgan fingerprint density at radius 2 is 2.04 bits per heavy atom. The number of halogens is 2. The van der Waals surface area contributed by atoms with Crippen molar-refractivity contribution in [3.63, 3.8) is 0 Å². The number of pyridine rings is 1. The number of benzene rings is 1. The molecule has 2 aromatic heterocycles. The molecule has 0 spiro atoms. The molecule has 0 bridgehead atoms. The van der Waals surface area contributed by atoms with Crippen LogP contribution in [0.4, 0.5) is 4.39 Å². The lowest BCUT2D eigenvalue weighted by atomic mass is 10.2. The summed E-state index contributed by atoms with van der Waals surface area (Å²) in [6, 6.07) is 9.19. The van der Waals surface area contributed by atoms with E-state index >= 15 is 0 Å². The van der Waals surface area contributed by atoms with E-state index in [4.69, 9.17) is 11.6 Å². The van der Waals surface area contributed by atoms with E-state index in [9.17, 15) is 9.18 Å². The Bertz CT molecular complexity index is 902. The van der Waals surface area contributed by atoms with E-state index in [1.165, 1.54) is 18.3 Å². The molecule has 0 aliphatic carbocycles. The van der Waals surface area contributed by atoms with Gasteiger partial charge < -0.3 is 0 Å². The number of nitrogens with zero attached hydrogens (tertiary/aromatic N) is 3. The zero-order chi connectivity index (χ0) is 16.4. The highest BCUT2D eigenvalue weighted by molar-refractivity contribution is 6.30. The molecule has 1 N–H and O–H groups in total. The maximum Gasteiger partial charge on any atom is 0.290 e. The molecule has 1 amide bonds. The van der Waals surface area contributed by atoms with E-state index in [-0.39, 0.29) is 5.82 Å². The van der Waals surface area contributed by atoms with Crippen LogP contribution in [0, 0.1) is 12.7 Å². The third-order valence-corrected chi connectivity index (χ3v) is 3.45. The molecule has 3 aromatic rings. The van der Waals surface area contributed by atoms with Crippen LogP contribution in [0.1, 0.15) is 21.7 Å². The number of carbonyl (C=O) groups is 1. The second kappa shape index (κ2) is 6.18. The van der Waals surface area contributed by atoms with Crippen molar-refractivity contribution in [2.45, 2.75) is 6.92 Å². The molecule has 3 rings (SSSR count). The fourth-order valence-corrected chi connectivity index (χ4v) is 2.34. The second-order valence-corrected chi connectivity index (χ2v) is 5.31. The van der Waals surface area contributed by atoms with E-state index in [0.29, 0.717) is 27.6 Å². The summed E-state index contributed by atoms with van der Waals surface area (Å²) < 4.78 is 14.4. The molecular weight excluding hydrogens is 319 g/mol. The van der Waals surface area contributed by atoms with Crippen molar-refractivity contribution in [2.75, 3.05) is 0 Å². The zero-order valence-corrected chi connectivity index (χ0v) is 12.9. The number of nitrogens with one attached hydrogen (secondary N) is 1. The first kappa shape index (κ1) is 15.2. The van der Waals surface area contributed by atoms with E-state index in [1.807, 2.05) is 0 Å². The molecule has 7 heteroatoms. The molecule has 23 heavy (non-hydrogen) atoms. The first-order chi connectivity index (χ1) is 11.0. The summed E-state index contributed by atoms with van der Waals surface area (Å²) in [7, 11) is 0. The number of aromatic nitrogens is 2. The standard InChI is InChI=1S/C16H12ClFN4O/c1-10-15(22-9-12(17)4-7-14(22)20-10)16(23)21-19-8-11-2-5-13(18)6-3-11/h2-9H,1H3,(H,21,23)/b19-8-. The first-order valence-corrected chi connectivity index (χ1v) is 7.15. The van der Waals surface area contributed by atoms with Gasteiger partial charge in [-0.2, -0.15) is 5.10 Å². The van der Waals surface area contributed by atoms with Gasteiger partial charge in [0.15, 0.2) is 0 Å². The third-order valence-electron chi connectivity index (χ3n) is 3.22. The number of aryl methyl sites for hydroxylation is 1. The highest BCUT2D eigenvalue weighted by Gasteiger charge is 2.16. The molecule has 0 atom stereocenters. The molecule has 5 nitrogen and oxygen atoms in total. The fraction of sp³-hybridized carbons (Fsp3) is 0.0625. The fourth-order valence-electron chi connectivity index (χ4n) is 2.18. The van der Waals surface area contributed by atoms with Crippen molar-refractivity contribution in [2.24, 2.45) is 5.10 Å². The van der Waals surface area contributed by atoms with Crippen LogP contribution in [-0.4, -0.2) is 21.5 Å². The highest BCUT2D eigenvalue weighted by atomic mass is 35.5. The van der Waals surface area contributed by atoms with Gasteiger partial charge in [-0.15, -0.1) is 0 Å². The van der Waals surface area contributed by atoms with Gasteiger partial charge in [0.2, 0.25) is 0 Å². The van der Waals surface area contributed by atoms with Crippen molar-refractivity contribution >= 4 is 29.4 Å². The number of hydrogen-bond acceptors (Lipinski definition) is 3. The Balaban J connectivity index is 1.82. The number of carbonyl (C=O) groups excluding carboxylic acids is 1. The third kappa shape index (κ3) is 3.22. The SMILES string of the molecule is Cc1nc2ccc(Cl)cn2c1C(=O)N/N=C\c1ccc(F)cc1. The molecular formula is C16H12ClFN4O. The Hall–Kier alpha value is -2.73. The molecule has 0 unspecified atom stereocenters. The number of rotatable bonds is 3. The Morgan fingerprint density at radius 1 is 1.30 bits per heavy atom. The van der Waals surface area contributed by atoms with Crippen LogP contribution in [0.25, 0.3) is 5.65 Å². The predicted molar refractivity (Wildman–Crippen MR) is 86.4 cm³/mol. The van der Waals surface area contributed by atoms with Gasteiger partial charge in [-0.05, 0) is 36.8 Å². The quantitative estimate of drug-likeness (QED) is 0.592. The molecule has 2 heterocycles. The molecule has 1 aromatic carbocycles. The first-order valence-electron chi connectivity index (χ1n) is 6.78. The van der Waals surface area contributed by atoms with Gasteiger partial charge in [0.05, 0.1) is 16.9 Å². The zero-order valence-electron chi connectivity index (χ0n) is 12.1. The maximum absolute atomic E-state index is 12.8. The van der Waals surface area contributed by atoms with Gasteiger partial charge in [-0.1, -0.05) is 23.7 Å². The molecule has 0 saturated carbocycles. The van der Waals surface area contributed by atoms with Crippen molar-refractivity contribution in [3.8, 4) is 0 Å². The van der Waals surface area contributed by atoms with Gasteiger partial charge >= 0.3 is 0 Å². The summed E-state index contributed by atoms with van der Waals surface area (Å²) in [5.41, 5.74) is 4.66. The van der Waals surface area contributed by atoms with E-state index in [2.05, 4.69) is 15.5 Å². The van der Waals surface area contributed by atoms with Gasteiger partial charge in [0.25, 0.3) is 5.91 Å². The summed E-state index contributed by atoms with van der Waals surface area (Å²) >= 11 is 5.96.